The number of aromatic nitrogens is 1. The second-order valence-corrected chi connectivity index (χ2v) is 6.54. The fraction of sp³-hybridized carbons (Fsp3) is 0.286. The minimum Gasteiger partial charge on any atom is -0.493 e. The number of hydrogen-bond acceptors (Lipinski definition) is 4. The van der Waals surface area contributed by atoms with Gasteiger partial charge in [-0.15, -0.1) is 0 Å². The Bertz CT molecular complexity index is 857. The molecule has 0 aliphatic heterocycles. The predicted octanol–water partition coefficient (Wildman–Crippen LogP) is 4.32. The number of benzene rings is 2. The van der Waals surface area contributed by atoms with E-state index in [2.05, 4.69) is 17.1 Å². The van der Waals surface area contributed by atoms with Crippen LogP contribution in [0.4, 0.5) is 0 Å². The molecule has 128 valence electrons. The first-order chi connectivity index (χ1) is 12.3. The summed E-state index contributed by atoms with van der Waals surface area (Å²) in [4.78, 5) is 4.58. The molecule has 1 heterocycles. The Morgan fingerprint density at radius 1 is 0.960 bits per heavy atom. The van der Waals surface area contributed by atoms with Crippen LogP contribution < -0.4 is 15.2 Å². The van der Waals surface area contributed by atoms with Crippen molar-refractivity contribution in [3.63, 3.8) is 0 Å². The second-order valence-electron chi connectivity index (χ2n) is 6.54. The van der Waals surface area contributed by atoms with E-state index >= 15 is 0 Å². The highest BCUT2D eigenvalue weighted by Crippen LogP contribution is 2.30. The third-order valence-corrected chi connectivity index (χ3v) is 4.39. The van der Waals surface area contributed by atoms with Gasteiger partial charge >= 0.3 is 0 Å². The third kappa shape index (κ3) is 4.09. The van der Waals surface area contributed by atoms with E-state index in [0.717, 1.165) is 41.3 Å². The van der Waals surface area contributed by atoms with Crippen LogP contribution in [0.25, 0.3) is 10.9 Å². The Morgan fingerprint density at radius 2 is 1.76 bits per heavy atom. The van der Waals surface area contributed by atoms with Crippen molar-refractivity contribution in [2.24, 2.45) is 11.7 Å². The smallest absolute Gasteiger partial charge is 0.219 e. The fourth-order valence-corrected chi connectivity index (χ4v) is 2.76. The molecule has 1 saturated carbocycles. The van der Waals surface area contributed by atoms with E-state index in [1.54, 1.807) is 0 Å². The van der Waals surface area contributed by atoms with E-state index in [0.29, 0.717) is 12.4 Å². The molecular weight excluding hydrogens is 312 g/mol. The summed E-state index contributed by atoms with van der Waals surface area (Å²) in [5, 5.41) is 1.10. The second kappa shape index (κ2) is 7.11. The first-order valence-electron chi connectivity index (χ1n) is 8.80. The van der Waals surface area contributed by atoms with Gasteiger partial charge in [-0.25, -0.2) is 4.98 Å². The molecule has 2 N–H and O–H groups in total. The lowest BCUT2D eigenvalue weighted by Gasteiger charge is -2.08. The summed E-state index contributed by atoms with van der Waals surface area (Å²) < 4.78 is 11.6. The molecule has 0 atom stereocenters. The molecule has 4 rings (SSSR count). The van der Waals surface area contributed by atoms with Crippen molar-refractivity contribution in [1.29, 1.82) is 0 Å². The van der Waals surface area contributed by atoms with Crippen LogP contribution in [0, 0.1) is 5.92 Å². The van der Waals surface area contributed by atoms with Crippen LogP contribution in [0.15, 0.2) is 54.6 Å². The van der Waals surface area contributed by atoms with E-state index in [-0.39, 0.29) is 0 Å². The molecule has 4 heteroatoms. The first-order valence-corrected chi connectivity index (χ1v) is 8.80. The molecular formula is C21H22N2O2. The first kappa shape index (κ1) is 15.9. The standard InChI is InChI=1S/C21H22N2O2/c22-12-11-15-3-9-20-17(13-15)4-10-21(23-20)25-19-7-5-18(6-8-19)24-14-16-1-2-16/h3-10,13,16H,1-2,11-12,14,22H2. The van der Waals surface area contributed by atoms with Crippen molar-refractivity contribution >= 4 is 10.9 Å². The van der Waals surface area contributed by atoms with E-state index in [1.807, 2.05) is 42.5 Å². The minimum absolute atomic E-state index is 0.589. The van der Waals surface area contributed by atoms with Crippen molar-refractivity contribution in [3.05, 3.63) is 60.2 Å². The Balaban J connectivity index is 1.45. The summed E-state index contributed by atoms with van der Waals surface area (Å²) in [6.45, 7) is 1.47. The van der Waals surface area contributed by atoms with E-state index in [4.69, 9.17) is 15.2 Å². The third-order valence-electron chi connectivity index (χ3n) is 4.39. The Morgan fingerprint density at radius 3 is 2.52 bits per heavy atom. The maximum Gasteiger partial charge on any atom is 0.219 e. The van der Waals surface area contributed by atoms with Gasteiger partial charge in [0.1, 0.15) is 11.5 Å². The van der Waals surface area contributed by atoms with Gasteiger partial charge < -0.3 is 15.2 Å². The van der Waals surface area contributed by atoms with Gasteiger partial charge in [-0.2, -0.15) is 0 Å². The molecule has 0 bridgehead atoms. The zero-order valence-corrected chi connectivity index (χ0v) is 14.2. The number of pyridine rings is 1. The number of nitrogens with zero attached hydrogens (tertiary/aromatic N) is 1. The zero-order chi connectivity index (χ0) is 17.1. The average molecular weight is 334 g/mol. The molecule has 0 saturated heterocycles. The summed E-state index contributed by atoms with van der Waals surface area (Å²) in [5.74, 6) is 2.98. The van der Waals surface area contributed by atoms with Crippen LogP contribution in [-0.4, -0.2) is 18.1 Å². The molecule has 25 heavy (non-hydrogen) atoms. The predicted molar refractivity (Wildman–Crippen MR) is 99.2 cm³/mol. The van der Waals surface area contributed by atoms with Gasteiger partial charge in [0, 0.05) is 11.5 Å². The molecule has 0 unspecified atom stereocenters. The number of rotatable bonds is 7. The summed E-state index contributed by atoms with van der Waals surface area (Å²) in [6.07, 6.45) is 3.47. The summed E-state index contributed by atoms with van der Waals surface area (Å²) in [7, 11) is 0. The zero-order valence-electron chi connectivity index (χ0n) is 14.2. The normalized spacial score (nSPS) is 13.8. The number of ether oxygens (including phenoxy) is 2. The highest BCUT2D eigenvalue weighted by molar-refractivity contribution is 5.79. The van der Waals surface area contributed by atoms with Crippen LogP contribution >= 0.6 is 0 Å². The van der Waals surface area contributed by atoms with Gasteiger partial charge in [0.05, 0.1) is 12.1 Å². The number of fused-ring (bicyclic) bond motifs is 1. The Labute approximate surface area is 147 Å². The molecule has 0 amide bonds. The van der Waals surface area contributed by atoms with Crippen molar-refractivity contribution in [2.75, 3.05) is 13.2 Å². The number of hydrogen-bond donors (Lipinski definition) is 1. The van der Waals surface area contributed by atoms with E-state index in [1.165, 1.54) is 18.4 Å². The van der Waals surface area contributed by atoms with Gasteiger partial charge in [0.2, 0.25) is 5.88 Å². The summed E-state index contributed by atoms with van der Waals surface area (Å²) in [6, 6.07) is 17.9. The molecule has 1 aliphatic rings. The molecule has 1 fully saturated rings. The monoisotopic (exact) mass is 334 g/mol. The van der Waals surface area contributed by atoms with E-state index in [9.17, 15) is 0 Å². The van der Waals surface area contributed by atoms with Crippen molar-refractivity contribution < 1.29 is 9.47 Å². The maximum absolute atomic E-state index is 5.87. The van der Waals surface area contributed by atoms with Crippen molar-refractivity contribution in [2.45, 2.75) is 19.3 Å². The lowest BCUT2D eigenvalue weighted by Crippen LogP contribution is -2.02. The SMILES string of the molecule is NCCc1ccc2nc(Oc3ccc(OCC4CC4)cc3)ccc2c1. The van der Waals surface area contributed by atoms with Gasteiger partial charge in [0.25, 0.3) is 0 Å². The molecule has 1 aromatic heterocycles. The van der Waals surface area contributed by atoms with Crippen molar-refractivity contribution in [1.82, 2.24) is 4.98 Å². The van der Waals surface area contributed by atoms with Crippen LogP contribution in [0.3, 0.4) is 0 Å². The van der Waals surface area contributed by atoms with Crippen LogP contribution in [0.5, 0.6) is 17.4 Å². The molecule has 4 nitrogen and oxygen atoms in total. The number of nitrogens with two attached hydrogens (primary N) is 1. The van der Waals surface area contributed by atoms with Crippen molar-refractivity contribution in [3.8, 4) is 17.4 Å². The average Bonchev–Trinajstić information content (AvgIpc) is 3.46. The molecule has 2 aromatic carbocycles. The highest BCUT2D eigenvalue weighted by atomic mass is 16.5. The highest BCUT2D eigenvalue weighted by Gasteiger charge is 2.21. The molecule has 0 radical (unpaired) electrons. The quantitative estimate of drug-likeness (QED) is 0.699. The minimum atomic E-state index is 0.589. The largest absolute Gasteiger partial charge is 0.493 e. The summed E-state index contributed by atoms with van der Waals surface area (Å²) >= 11 is 0. The molecule has 3 aromatic rings. The molecule has 0 spiro atoms. The van der Waals surface area contributed by atoms with Gasteiger partial charge in [-0.1, -0.05) is 6.07 Å². The maximum atomic E-state index is 5.87. The lowest BCUT2D eigenvalue weighted by atomic mass is 10.1. The van der Waals surface area contributed by atoms with Gasteiger partial charge in [0.15, 0.2) is 0 Å². The van der Waals surface area contributed by atoms with E-state index < -0.39 is 0 Å². The van der Waals surface area contributed by atoms with Gasteiger partial charge in [-0.05, 0) is 79.8 Å². The fourth-order valence-electron chi connectivity index (χ4n) is 2.76. The topological polar surface area (TPSA) is 57.4 Å². The van der Waals surface area contributed by atoms with Gasteiger partial charge in [-0.3, -0.25) is 0 Å². The Hall–Kier alpha value is -2.59. The van der Waals surface area contributed by atoms with Crippen LogP contribution in [0.2, 0.25) is 0 Å². The van der Waals surface area contributed by atoms with Crippen LogP contribution in [0.1, 0.15) is 18.4 Å². The Kier molecular flexibility index (Phi) is 4.53. The van der Waals surface area contributed by atoms with Crippen LogP contribution in [-0.2, 0) is 6.42 Å². The summed E-state index contributed by atoms with van der Waals surface area (Å²) in [5.41, 5.74) is 7.77. The lowest BCUT2D eigenvalue weighted by molar-refractivity contribution is 0.299. The molecule has 1 aliphatic carbocycles.